The van der Waals surface area contributed by atoms with E-state index >= 15 is 0 Å². The molecule has 3 rings (SSSR count). The van der Waals surface area contributed by atoms with Crippen molar-refractivity contribution in [2.75, 3.05) is 19.4 Å². The fourth-order valence-electron chi connectivity index (χ4n) is 2.74. The highest BCUT2D eigenvalue weighted by Gasteiger charge is 2.30. The first-order valence-electron chi connectivity index (χ1n) is 9.00. The Kier molecular flexibility index (Phi) is 5.27. The number of hydrogen-bond acceptors (Lipinski definition) is 6. The van der Waals surface area contributed by atoms with Crippen LogP contribution in [-0.4, -0.2) is 47.9 Å². The van der Waals surface area contributed by atoms with Crippen LogP contribution in [0.25, 0.3) is 16.9 Å². The average molecular weight is 417 g/mol. The van der Waals surface area contributed by atoms with Crippen LogP contribution in [0, 0.1) is 0 Å². The second-order valence-corrected chi connectivity index (χ2v) is 9.49. The second kappa shape index (κ2) is 7.40. The summed E-state index contributed by atoms with van der Waals surface area (Å²) in [7, 11) is -1.07. The smallest absolute Gasteiger partial charge is 0.424 e. The zero-order valence-corrected chi connectivity index (χ0v) is 17.8. The van der Waals surface area contributed by atoms with Crippen LogP contribution >= 0.6 is 0 Å². The summed E-state index contributed by atoms with van der Waals surface area (Å²) in [4.78, 5) is 16.6. The molecule has 0 spiro atoms. The highest BCUT2D eigenvalue weighted by atomic mass is 32.2. The zero-order valence-electron chi connectivity index (χ0n) is 17.0. The first kappa shape index (κ1) is 20.7. The van der Waals surface area contributed by atoms with E-state index in [1.807, 2.05) is 29.8 Å². The van der Waals surface area contributed by atoms with E-state index in [-0.39, 0.29) is 4.90 Å². The fraction of sp³-hybridized carbons (Fsp3) is 0.300. The van der Waals surface area contributed by atoms with Crippen LogP contribution < -0.4 is 5.32 Å². The van der Waals surface area contributed by atoms with Crippen LogP contribution in [0.3, 0.4) is 0 Å². The van der Waals surface area contributed by atoms with E-state index < -0.39 is 21.7 Å². The Morgan fingerprint density at radius 2 is 1.93 bits per heavy atom. The van der Waals surface area contributed by atoms with Crippen molar-refractivity contribution >= 4 is 27.5 Å². The largest absolute Gasteiger partial charge is 0.443 e. The number of imidazole rings is 1. The van der Waals surface area contributed by atoms with E-state index in [9.17, 15) is 13.2 Å². The molecule has 0 aliphatic rings. The number of rotatable bonds is 4. The minimum atomic E-state index is -4.07. The lowest BCUT2D eigenvalue weighted by Crippen LogP contribution is -2.38. The van der Waals surface area contributed by atoms with Gasteiger partial charge >= 0.3 is 6.09 Å². The Bertz CT molecular complexity index is 1160. The summed E-state index contributed by atoms with van der Waals surface area (Å²) >= 11 is 0. The van der Waals surface area contributed by atoms with E-state index in [0.29, 0.717) is 9.87 Å². The van der Waals surface area contributed by atoms with E-state index in [1.165, 1.54) is 19.2 Å². The van der Waals surface area contributed by atoms with Crippen LogP contribution in [0.2, 0.25) is 0 Å². The van der Waals surface area contributed by atoms with E-state index in [1.54, 1.807) is 39.1 Å². The molecule has 0 fully saturated rings. The Morgan fingerprint density at radius 1 is 1.21 bits per heavy atom. The Balaban J connectivity index is 2.01. The van der Waals surface area contributed by atoms with Gasteiger partial charge < -0.3 is 10.1 Å². The van der Waals surface area contributed by atoms with Gasteiger partial charge in [0.1, 0.15) is 11.2 Å². The average Bonchev–Trinajstić information content (AvgIpc) is 3.09. The number of nitrogens with zero attached hydrogens (tertiary/aromatic N) is 3. The molecule has 3 aromatic rings. The first-order chi connectivity index (χ1) is 13.5. The third-order valence-corrected chi connectivity index (χ3v) is 5.95. The monoisotopic (exact) mass is 416 g/mol. The number of amides is 1. The molecule has 0 saturated carbocycles. The van der Waals surface area contributed by atoms with Gasteiger partial charge in [0.05, 0.1) is 22.5 Å². The molecule has 1 N–H and O–H groups in total. The standard InChI is InChI=1S/C20H24N4O4S/c1-20(2,3)28-19(25)23(5)29(26,27)16-8-6-7-14(11-16)17-12-22-18-10-9-15(21-4)13-24(17)18/h6-13,21H,1-5H3. The van der Waals surface area contributed by atoms with Crippen LogP contribution in [0.15, 0.2) is 53.7 Å². The third-order valence-electron chi connectivity index (χ3n) is 4.23. The van der Waals surface area contributed by atoms with Gasteiger partial charge in [-0.15, -0.1) is 0 Å². The Labute approximate surface area is 170 Å². The van der Waals surface area contributed by atoms with Crippen molar-refractivity contribution in [3.05, 3.63) is 48.8 Å². The maximum atomic E-state index is 12.9. The van der Waals surface area contributed by atoms with Crippen molar-refractivity contribution < 1.29 is 17.9 Å². The minimum Gasteiger partial charge on any atom is -0.443 e. The number of ether oxygens (including phenoxy) is 1. The molecule has 1 amide bonds. The quantitative estimate of drug-likeness (QED) is 0.699. The van der Waals surface area contributed by atoms with Gasteiger partial charge in [0.2, 0.25) is 0 Å². The van der Waals surface area contributed by atoms with Crippen molar-refractivity contribution in [3.8, 4) is 11.3 Å². The second-order valence-electron chi connectivity index (χ2n) is 7.52. The summed E-state index contributed by atoms with van der Waals surface area (Å²) in [5.41, 5.74) is 2.21. The van der Waals surface area contributed by atoms with Crippen molar-refractivity contribution in [2.45, 2.75) is 31.3 Å². The highest BCUT2D eigenvalue weighted by molar-refractivity contribution is 7.89. The molecule has 2 aromatic heterocycles. The van der Waals surface area contributed by atoms with E-state index in [2.05, 4.69) is 10.3 Å². The molecule has 1 aromatic carbocycles. The zero-order chi connectivity index (χ0) is 21.4. The summed E-state index contributed by atoms with van der Waals surface area (Å²) < 4.78 is 33.5. The lowest BCUT2D eigenvalue weighted by molar-refractivity contribution is 0.0420. The molecule has 0 bridgehead atoms. The molecule has 2 heterocycles. The maximum Gasteiger partial charge on any atom is 0.424 e. The summed E-state index contributed by atoms with van der Waals surface area (Å²) in [6, 6.07) is 10.2. The number of pyridine rings is 1. The van der Waals surface area contributed by atoms with Crippen LogP contribution in [0.5, 0.6) is 0 Å². The number of benzene rings is 1. The SMILES string of the molecule is CNc1ccc2ncc(-c3cccc(S(=O)(=O)N(C)C(=O)OC(C)(C)C)c3)n2c1. The summed E-state index contributed by atoms with van der Waals surface area (Å²) in [6.07, 6.45) is 2.63. The van der Waals surface area contributed by atoms with Gasteiger partial charge in [0.25, 0.3) is 10.0 Å². The molecule has 154 valence electrons. The summed E-state index contributed by atoms with van der Waals surface area (Å²) in [5, 5.41) is 3.07. The van der Waals surface area contributed by atoms with E-state index in [4.69, 9.17) is 4.74 Å². The summed E-state index contributed by atoms with van der Waals surface area (Å²) in [5.74, 6) is 0. The van der Waals surface area contributed by atoms with Gasteiger partial charge in [-0.2, -0.15) is 0 Å². The van der Waals surface area contributed by atoms with Crippen molar-refractivity contribution in [1.82, 2.24) is 13.7 Å². The minimum absolute atomic E-state index is 0.0110. The number of carbonyl (C=O) groups is 1. The number of anilines is 1. The third kappa shape index (κ3) is 4.19. The molecule has 0 aliphatic carbocycles. The lowest BCUT2D eigenvalue weighted by Gasteiger charge is -2.24. The van der Waals surface area contributed by atoms with Gasteiger partial charge in [0, 0.05) is 25.9 Å². The van der Waals surface area contributed by atoms with Crippen molar-refractivity contribution in [3.63, 3.8) is 0 Å². The highest BCUT2D eigenvalue weighted by Crippen LogP contribution is 2.26. The molecule has 9 heteroatoms. The van der Waals surface area contributed by atoms with E-state index in [0.717, 1.165) is 17.0 Å². The van der Waals surface area contributed by atoms with Gasteiger partial charge in [-0.1, -0.05) is 12.1 Å². The molecule has 0 unspecified atom stereocenters. The number of aromatic nitrogens is 2. The number of fused-ring (bicyclic) bond motifs is 1. The fourth-order valence-corrected chi connectivity index (χ4v) is 3.82. The van der Waals surface area contributed by atoms with Gasteiger partial charge in [-0.3, -0.25) is 4.40 Å². The number of carbonyl (C=O) groups excluding carboxylic acids is 1. The molecular weight excluding hydrogens is 392 g/mol. The first-order valence-corrected chi connectivity index (χ1v) is 10.4. The van der Waals surface area contributed by atoms with Gasteiger partial charge in [0.15, 0.2) is 0 Å². The molecule has 0 saturated heterocycles. The van der Waals surface area contributed by atoms with Crippen LogP contribution in [0.1, 0.15) is 20.8 Å². The van der Waals surface area contributed by atoms with Gasteiger partial charge in [-0.25, -0.2) is 22.5 Å². The normalized spacial score (nSPS) is 12.0. The predicted octanol–water partition coefficient (Wildman–Crippen LogP) is 3.60. The van der Waals surface area contributed by atoms with Crippen LogP contribution in [-0.2, 0) is 14.8 Å². The van der Waals surface area contributed by atoms with Crippen molar-refractivity contribution in [2.24, 2.45) is 0 Å². The Morgan fingerprint density at radius 3 is 2.59 bits per heavy atom. The molecule has 29 heavy (non-hydrogen) atoms. The number of hydrogen-bond donors (Lipinski definition) is 1. The summed E-state index contributed by atoms with van der Waals surface area (Å²) in [6.45, 7) is 5.03. The molecule has 0 aliphatic heterocycles. The van der Waals surface area contributed by atoms with Crippen LogP contribution in [0.4, 0.5) is 10.5 Å². The maximum absolute atomic E-state index is 12.9. The molecule has 8 nitrogen and oxygen atoms in total. The Hall–Kier alpha value is -3.07. The topological polar surface area (TPSA) is 93.0 Å². The van der Waals surface area contributed by atoms with Gasteiger partial charge in [-0.05, 0) is 45.0 Å². The predicted molar refractivity (Wildman–Crippen MR) is 111 cm³/mol. The number of sulfonamides is 1. The molecular formula is C20H24N4O4S. The lowest BCUT2D eigenvalue weighted by atomic mass is 10.2. The molecule has 0 radical (unpaired) electrons. The molecule has 0 atom stereocenters. The number of nitrogens with one attached hydrogen (secondary N) is 1. The van der Waals surface area contributed by atoms with Crippen molar-refractivity contribution in [1.29, 1.82) is 0 Å².